The van der Waals surface area contributed by atoms with Crippen molar-refractivity contribution in [3.8, 4) is 0 Å². The average molecular weight is 419 g/mol. The highest BCUT2D eigenvalue weighted by atomic mass is 35.5. The van der Waals surface area contributed by atoms with Gasteiger partial charge in [-0.25, -0.2) is 0 Å². The van der Waals surface area contributed by atoms with Gasteiger partial charge in [0.25, 0.3) is 0 Å². The zero-order valence-electron chi connectivity index (χ0n) is 15.3. The molecule has 7 nitrogen and oxygen atoms in total. The lowest BCUT2D eigenvalue weighted by Gasteiger charge is -2.20. The van der Waals surface area contributed by atoms with E-state index in [0.29, 0.717) is 13.0 Å². The number of amides is 2. The summed E-state index contributed by atoms with van der Waals surface area (Å²) < 4.78 is 0. The van der Waals surface area contributed by atoms with Gasteiger partial charge in [0.05, 0.1) is 12.1 Å². The second-order valence-corrected chi connectivity index (χ2v) is 6.81. The van der Waals surface area contributed by atoms with Crippen molar-refractivity contribution in [1.29, 1.82) is 0 Å². The number of aliphatic hydroxyl groups is 1. The summed E-state index contributed by atoms with van der Waals surface area (Å²) in [7, 11) is 0. The summed E-state index contributed by atoms with van der Waals surface area (Å²) in [5.74, 6) is -0.518. The third-order valence-electron chi connectivity index (χ3n) is 4.76. The zero-order chi connectivity index (χ0) is 17.8. The van der Waals surface area contributed by atoms with Crippen LogP contribution in [0.3, 0.4) is 0 Å². The highest BCUT2D eigenvalue weighted by Gasteiger charge is 2.29. The number of nitrogens with one attached hydrogen (secondary N) is 3. The number of carbonyl (C=O) groups excluding carboxylic acids is 2. The molecule has 3 atom stereocenters. The molecule has 0 aromatic heterocycles. The lowest BCUT2D eigenvalue weighted by Crippen LogP contribution is -2.48. The summed E-state index contributed by atoms with van der Waals surface area (Å²) in [4.78, 5) is 26.8. The molecular formula is C18H28Cl2N4O3. The number of aliphatic hydroxyl groups excluding tert-OH is 1. The number of hydrogen-bond acceptors (Lipinski definition) is 5. The first-order valence-electron chi connectivity index (χ1n) is 8.90. The standard InChI is InChI=1S/C18H26N4O3.2ClH/c1-12(20-18(25)16-10-15(23)11-19-16)17(24)21-13-5-4-6-14(9-13)22-7-2-3-8-22;;/h4-6,9,12,15-16,19,23H,2-3,7-8,10-11H2,1H3,(H,20,25)(H,21,24);2*1H. The molecule has 2 amide bonds. The molecule has 3 unspecified atom stereocenters. The Balaban J connectivity index is 0.00000182. The van der Waals surface area contributed by atoms with Crippen molar-refractivity contribution in [2.24, 2.45) is 0 Å². The zero-order valence-corrected chi connectivity index (χ0v) is 16.9. The van der Waals surface area contributed by atoms with Crippen LogP contribution in [0.2, 0.25) is 0 Å². The van der Waals surface area contributed by atoms with E-state index in [4.69, 9.17) is 0 Å². The van der Waals surface area contributed by atoms with Crippen LogP contribution in [-0.2, 0) is 9.59 Å². The van der Waals surface area contributed by atoms with Crippen LogP contribution in [0.1, 0.15) is 26.2 Å². The fourth-order valence-electron chi connectivity index (χ4n) is 3.30. The Morgan fingerprint density at radius 3 is 2.59 bits per heavy atom. The van der Waals surface area contributed by atoms with Crippen molar-refractivity contribution in [2.45, 2.75) is 44.4 Å². The van der Waals surface area contributed by atoms with E-state index in [1.165, 1.54) is 12.8 Å². The van der Waals surface area contributed by atoms with E-state index in [1.807, 2.05) is 24.3 Å². The van der Waals surface area contributed by atoms with Crippen molar-refractivity contribution in [1.82, 2.24) is 10.6 Å². The van der Waals surface area contributed by atoms with Gasteiger partial charge in [-0.1, -0.05) is 6.07 Å². The van der Waals surface area contributed by atoms with Gasteiger partial charge in [-0.05, 0) is 44.4 Å². The Kier molecular flexibility index (Phi) is 9.32. The minimum atomic E-state index is -0.650. The maximum atomic E-state index is 12.4. The largest absolute Gasteiger partial charge is 0.392 e. The molecule has 0 spiro atoms. The Labute approximate surface area is 172 Å². The fraction of sp³-hybridized carbons (Fsp3) is 0.556. The molecule has 4 N–H and O–H groups in total. The Hall–Kier alpha value is -1.54. The van der Waals surface area contributed by atoms with Crippen LogP contribution in [0.15, 0.2) is 24.3 Å². The van der Waals surface area contributed by atoms with Gasteiger partial charge in [-0.15, -0.1) is 24.8 Å². The number of carbonyl (C=O) groups is 2. The van der Waals surface area contributed by atoms with Crippen LogP contribution < -0.4 is 20.9 Å². The van der Waals surface area contributed by atoms with Gasteiger partial charge in [0.15, 0.2) is 0 Å². The van der Waals surface area contributed by atoms with Crippen LogP contribution in [0.25, 0.3) is 0 Å². The number of anilines is 2. The minimum Gasteiger partial charge on any atom is -0.392 e. The van der Waals surface area contributed by atoms with Gasteiger partial charge in [-0.3, -0.25) is 9.59 Å². The van der Waals surface area contributed by atoms with E-state index in [2.05, 4.69) is 20.9 Å². The predicted molar refractivity (Wildman–Crippen MR) is 111 cm³/mol. The Bertz CT molecular complexity index is 641. The molecular weight excluding hydrogens is 391 g/mol. The van der Waals surface area contributed by atoms with Crippen molar-refractivity contribution in [2.75, 3.05) is 29.9 Å². The summed E-state index contributed by atoms with van der Waals surface area (Å²) in [6.45, 7) is 4.15. The number of rotatable bonds is 5. The average Bonchev–Trinajstić information content (AvgIpc) is 3.26. The molecule has 2 aliphatic heterocycles. The first-order chi connectivity index (χ1) is 12.0. The van der Waals surface area contributed by atoms with Crippen LogP contribution in [0.4, 0.5) is 11.4 Å². The molecule has 1 aromatic rings. The van der Waals surface area contributed by atoms with Gasteiger partial charge >= 0.3 is 0 Å². The molecule has 1 aromatic carbocycles. The van der Waals surface area contributed by atoms with Crippen LogP contribution in [-0.4, -0.2) is 54.7 Å². The second-order valence-electron chi connectivity index (χ2n) is 6.81. The smallest absolute Gasteiger partial charge is 0.246 e. The predicted octanol–water partition coefficient (Wildman–Crippen LogP) is 1.30. The van der Waals surface area contributed by atoms with Gasteiger partial charge in [0, 0.05) is 31.0 Å². The molecule has 0 saturated carbocycles. The van der Waals surface area contributed by atoms with Gasteiger partial charge in [0.1, 0.15) is 6.04 Å². The van der Waals surface area contributed by atoms with E-state index in [0.717, 1.165) is 24.5 Å². The number of benzene rings is 1. The normalized spacial score (nSPS) is 22.4. The highest BCUT2D eigenvalue weighted by Crippen LogP contribution is 2.23. The van der Waals surface area contributed by atoms with Crippen molar-refractivity contribution < 1.29 is 14.7 Å². The molecule has 2 aliphatic rings. The number of hydrogen-bond donors (Lipinski definition) is 4. The van der Waals surface area contributed by atoms with E-state index < -0.39 is 18.2 Å². The maximum Gasteiger partial charge on any atom is 0.246 e. The lowest BCUT2D eigenvalue weighted by molar-refractivity contribution is -0.127. The molecule has 152 valence electrons. The van der Waals surface area contributed by atoms with Gasteiger partial charge < -0.3 is 26.0 Å². The quantitative estimate of drug-likeness (QED) is 0.577. The summed E-state index contributed by atoms with van der Waals surface area (Å²) in [6.07, 6.45) is 2.26. The van der Waals surface area contributed by atoms with E-state index >= 15 is 0 Å². The summed E-state index contributed by atoms with van der Waals surface area (Å²) in [6, 6.07) is 6.69. The third-order valence-corrected chi connectivity index (χ3v) is 4.76. The second kappa shape index (κ2) is 10.7. The van der Waals surface area contributed by atoms with E-state index in [1.54, 1.807) is 6.92 Å². The lowest BCUT2D eigenvalue weighted by atomic mass is 10.1. The number of β-amino-alcohol motifs (C(OH)–C–C–N with tert-alkyl or cyclic N) is 1. The number of halogens is 2. The van der Waals surface area contributed by atoms with Crippen molar-refractivity contribution in [3.05, 3.63) is 24.3 Å². The molecule has 27 heavy (non-hydrogen) atoms. The summed E-state index contributed by atoms with van der Waals surface area (Å²) in [5, 5.41) is 18.0. The van der Waals surface area contributed by atoms with E-state index in [9.17, 15) is 14.7 Å². The fourth-order valence-corrected chi connectivity index (χ4v) is 3.30. The van der Waals surface area contributed by atoms with Crippen molar-refractivity contribution in [3.63, 3.8) is 0 Å². The van der Waals surface area contributed by atoms with Crippen LogP contribution in [0.5, 0.6) is 0 Å². The highest BCUT2D eigenvalue weighted by molar-refractivity contribution is 5.97. The summed E-state index contributed by atoms with van der Waals surface area (Å²) >= 11 is 0. The molecule has 0 aliphatic carbocycles. The first kappa shape index (κ1) is 23.5. The molecule has 2 saturated heterocycles. The molecule has 0 radical (unpaired) electrons. The topological polar surface area (TPSA) is 93.7 Å². The van der Waals surface area contributed by atoms with Gasteiger partial charge in [-0.2, -0.15) is 0 Å². The van der Waals surface area contributed by atoms with Gasteiger partial charge in [0.2, 0.25) is 11.8 Å². The SMILES string of the molecule is CC(NC(=O)C1CC(O)CN1)C(=O)Nc1cccc(N2CCCC2)c1.Cl.Cl. The third kappa shape index (κ3) is 6.24. The first-order valence-corrected chi connectivity index (χ1v) is 8.90. The summed E-state index contributed by atoms with van der Waals surface area (Å²) in [5.41, 5.74) is 1.83. The molecule has 2 fully saturated rings. The molecule has 9 heteroatoms. The Morgan fingerprint density at radius 1 is 1.26 bits per heavy atom. The molecule has 3 rings (SSSR count). The van der Waals surface area contributed by atoms with E-state index in [-0.39, 0.29) is 36.6 Å². The molecule has 0 bridgehead atoms. The monoisotopic (exact) mass is 418 g/mol. The van der Waals surface area contributed by atoms with Crippen LogP contribution >= 0.6 is 24.8 Å². The minimum absolute atomic E-state index is 0. The van der Waals surface area contributed by atoms with Crippen molar-refractivity contribution >= 4 is 48.0 Å². The maximum absolute atomic E-state index is 12.4. The Morgan fingerprint density at radius 2 is 1.96 bits per heavy atom. The van der Waals surface area contributed by atoms with Crippen LogP contribution in [0, 0.1) is 0 Å². The molecule has 2 heterocycles. The number of nitrogens with zero attached hydrogens (tertiary/aromatic N) is 1.